The van der Waals surface area contributed by atoms with E-state index in [2.05, 4.69) is 39.1 Å². The summed E-state index contributed by atoms with van der Waals surface area (Å²) in [7, 11) is 2.87. The fraction of sp³-hybridized carbons (Fsp3) is 0.222. The molecule has 1 aromatic heterocycles. The highest BCUT2D eigenvalue weighted by Gasteiger charge is 2.35. The highest BCUT2D eigenvalue weighted by atomic mass is 19.4. The second-order valence-electron chi connectivity index (χ2n) is 7.88. The van der Waals surface area contributed by atoms with E-state index >= 15 is 0 Å². The molecule has 39 heavy (non-hydrogen) atoms. The Labute approximate surface area is 223 Å². The molecule has 0 bridgehead atoms. The van der Waals surface area contributed by atoms with Crippen LogP contribution in [0.4, 0.5) is 36.3 Å². The van der Waals surface area contributed by atoms with Crippen LogP contribution in [0.5, 0.6) is 17.2 Å². The van der Waals surface area contributed by atoms with Crippen LogP contribution in [0.3, 0.4) is 0 Å². The van der Waals surface area contributed by atoms with Crippen LogP contribution in [0.1, 0.15) is 22.3 Å². The number of ether oxygens (including phenoxy) is 3. The Balaban J connectivity index is 1.99. The van der Waals surface area contributed by atoms with Crippen molar-refractivity contribution in [3.05, 3.63) is 79.0 Å². The maximum absolute atomic E-state index is 13.9. The lowest BCUT2D eigenvalue weighted by Gasteiger charge is -2.18. The standard InChI is InChI=1S/C27H28F3N5O4/c1-5-7-13-38-18-9-10-19(25(36)31-3)21(15-18)34-24-20(27(28,29)30)16-32-26(35-24)33-17-8-11-22(39-12-6-2)23(14-17)37-4/h5-6,8-11,14-16H,1-2,7,12-13H2,3-4H3,(H,31,36)(H2,32,33,34,35). The van der Waals surface area contributed by atoms with Crippen LogP contribution in [0.25, 0.3) is 0 Å². The summed E-state index contributed by atoms with van der Waals surface area (Å²) in [5.41, 5.74) is -0.535. The van der Waals surface area contributed by atoms with E-state index in [-0.39, 0.29) is 23.8 Å². The van der Waals surface area contributed by atoms with Gasteiger partial charge in [0.1, 0.15) is 23.7 Å². The molecule has 0 unspecified atom stereocenters. The van der Waals surface area contributed by atoms with Crippen molar-refractivity contribution in [1.82, 2.24) is 15.3 Å². The van der Waals surface area contributed by atoms with Crippen molar-refractivity contribution in [2.24, 2.45) is 0 Å². The third-order valence-corrected chi connectivity index (χ3v) is 5.18. The maximum atomic E-state index is 13.9. The summed E-state index contributed by atoms with van der Waals surface area (Å²) >= 11 is 0. The van der Waals surface area contributed by atoms with Crippen molar-refractivity contribution < 1.29 is 32.2 Å². The second kappa shape index (κ2) is 13.2. The number of carbonyl (C=O) groups is 1. The Kier molecular flexibility index (Phi) is 9.74. The number of amides is 1. The summed E-state index contributed by atoms with van der Waals surface area (Å²) < 4.78 is 58.1. The van der Waals surface area contributed by atoms with Gasteiger partial charge in [0.25, 0.3) is 5.91 Å². The van der Waals surface area contributed by atoms with E-state index in [0.29, 0.717) is 42.2 Å². The molecular weight excluding hydrogens is 515 g/mol. The van der Waals surface area contributed by atoms with Crippen LogP contribution in [-0.4, -0.2) is 43.2 Å². The average molecular weight is 544 g/mol. The molecule has 0 atom stereocenters. The lowest BCUT2D eigenvalue weighted by atomic mass is 10.1. The molecule has 0 radical (unpaired) electrons. The monoisotopic (exact) mass is 543 g/mol. The lowest BCUT2D eigenvalue weighted by Crippen LogP contribution is -2.20. The van der Waals surface area contributed by atoms with Gasteiger partial charge >= 0.3 is 6.18 Å². The van der Waals surface area contributed by atoms with Gasteiger partial charge in [-0.15, -0.1) is 6.58 Å². The highest BCUT2D eigenvalue weighted by Crippen LogP contribution is 2.37. The number of nitrogens with zero attached hydrogens (tertiary/aromatic N) is 2. The Hall–Kier alpha value is -4.74. The second-order valence-corrected chi connectivity index (χ2v) is 7.88. The molecule has 0 spiro atoms. The number of halogens is 3. The van der Waals surface area contributed by atoms with Gasteiger partial charge in [-0.2, -0.15) is 18.2 Å². The molecule has 206 valence electrons. The quantitative estimate of drug-likeness (QED) is 0.182. The predicted octanol–water partition coefficient (Wildman–Crippen LogP) is 5.87. The summed E-state index contributed by atoms with van der Waals surface area (Å²) in [6, 6.07) is 9.26. The molecule has 2 aromatic carbocycles. The SMILES string of the molecule is C=CCCOc1ccc(C(=O)NC)c(Nc2nc(Nc3ccc(OCC=C)c(OC)c3)ncc2C(F)(F)F)c1. The van der Waals surface area contributed by atoms with Gasteiger partial charge in [-0.25, -0.2) is 4.98 Å². The first-order chi connectivity index (χ1) is 18.7. The van der Waals surface area contributed by atoms with Crippen LogP contribution >= 0.6 is 0 Å². The molecule has 3 N–H and O–H groups in total. The van der Waals surface area contributed by atoms with E-state index in [1.165, 1.54) is 26.3 Å². The van der Waals surface area contributed by atoms with Crippen LogP contribution in [0.15, 0.2) is 67.9 Å². The first-order valence-corrected chi connectivity index (χ1v) is 11.7. The number of nitrogens with one attached hydrogen (secondary N) is 3. The topological polar surface area (TPSA) is 107 Å². The Morgan fingerprint density at radius 3 is 2.51 bits per heavy atom. The lowest BCUT2D eigenvalue weighted by molar-refractivity contribution is -0.137. The minimum absolute atomic E-state index is 0.0611. The van der Waals surface area contributed by atoms with Crippen LogP contribution < -0.4 is 30.2 Å². The molecule has 1 amide bonds. The van der Waals surface area contributed by atoms with Gasteiger partial charge in [0.05, 0.1) is 25.0 Å². The van der Waals surface area contributed by atoms with E-state index < -0.39 is 23.5 Å². The van der Waals surface area contributed by atoms with E-state index in [4.69, 9.17) is 14.2 Å². The zero-order chi connectivity index (χ0) is 28.4. The maximum Gasteiger partial charge on any atom is 0.421 e. The first kappa shape index (κ1) is 28.8. The fourth-order valence-electron chi connectivity index (χ4n) is 3.32. The fourth-order valence-corrected chi connectivity index (χ4v) is 3.32. The first-order valence-electron chi connectivity index (χ1n) is 11.7. The number of anilines is 4. The number of methoxy groups -OCH3 is 1. The molecule has 12 heteroatoms. The van der Waals surface area contributed by atoms with Crippen LogP contribution in [0, 0.1) is 0 Å². The smallest absolute Gasteiger partial charge is 0.421 e. The van der Waals surface area contributed by atoms with E-state index in [1.807, 2.05) is 0 Å². The minimum atomic E-state index is -4.78. The number of benzene rings is 2. The van der Waals surface area contributed by atoms with Crippen molar-refractivity contribution in [2.75, 3.05) is 38.0 Å². The Morgan fingerprint density at radius 2 is 1.85 bits per heavy atom. The number of hydrogen-bond acceptors (Lipinski definition) is 8. The summed E-state index contributed by atoms with van der Waals surface area (Å²) in [5.74, 6) is -0.0227. The van der Waals surface area contributed by atoms with Crippen molar-refractivity contribution in [2.45, 2.75) is 12.6 Å². The van der Waals surface area contributed by atoms with Crippen LogP contribution in [-0.2, 0) is 6.18 Å². The number of aromatic nitrogens is 2. The molecule has 9 nitrogen and oxygen atoms in total. The van der Waals surface area contributed by atoms with Crippen molar-refractivity contribution >= 4 is 29.0 Å². The van der Waals surface area contributed by atoms with E-state index in [9.17, 15) is 18.0 Å². The van der Waals surface area contributed by atoms with Crippen LogP contribution in [0.2, 0.25) is 0 Å². The summed E-state index contributed by atoms with van der Waals surface area (Å²) in [6.45, 7) is 7.78. The highest BCUT2D eigenvalue weighted by molar-refractivity contribution is 6.00. The Bertz CT molecular complexity index is 1330. The third kappa shape index (κ3) is 7.63. The summed E-state index contributed by atoms with van der Waals surface area (Å²) in [4.78, 5) is 20.3. The number of carbonyl (C=O) groups excluding carboxylic acids is 1. The summed E-state index contributed by atoms with van der Waals surface area (Å²) in [5, 5.41) is 7.98. The van der Waals surface area contributed by atoms with Gasteiger partial charge < -0.3 is 30.2 Å². The molecule has 1 heterocycles. The molecule has 3 aromatic rings. The molecule has 0 aliphatic carbocycles. The van der Waals surface area contributed by atoms with E-state index in [0.717, 1.165) is 0 Å². The predicted molar refractivity (Wildman–Crippen MR) is 142 cm³/mol. The number of alkyl halides is 3. The average Bonchev–Trinajstić information content (AvgIpc) is 2.91. The van der Waals surface area contributed by atoms with Gasteiger partial charge in [0.15, 0.2) is 11.5 Å². The molecular formula is C27H28F3N5O4. The minimum Gasteiger partial charge on any atom is -0.493 e. The Morgan fingerprint density at radius 1 is 1.05 bits per heavy atom. The summed E-state index contributed by atoms with van der Waals surface area (Å²) in [6.07, 6.45) is -0.319. The largest absolute Gasteiger partial charge is 0.493 e. The van der Waals surface area contributed by atoms with Crippen molar-refractivity contribution in [3.63, 3.8) is 0 Å². The molecule has 0 saturated carbocycles. The molecule has 0 aliphatic rings. The van der Waals surface area contributed by atoms with Crippen molar-refractivity contribution in [3.8, 4) is 17.2 Å². The third-order valence-electron chi connectivity index (χ3n) is 5.18. The van der Waals surface area contributed by atoms with Crippen molar-refractivity contribution in [1.29, 1.82) is 0 Å². The van der Waals surface area contributed by atoms with Gasteiger partial charge in [-0.1, -0.05) is 18.7 Å². The number of rotatable bonds is 13. The molecule has 0 fully saturated rings. The normalized spacial score (nSPS) is 10.8. The zero-order valence-electron chi connectivity index (χ0n) is 21.4. The van der Waals surface area contributed by atoms with Gasteiger partial charge in [-0.3, -0.25) is 4.79 Å². The zero-order valence-corrected chi connectivity index (χ0v) is 21.4. The molecule has 0 aliphatic heterocycles. The molecule has 0 saturated heterocycles. The van der Waals surface area contributed by atoms with Gasteiger partial charge in [-0.05, 0) is 30.7 Å². The van der Waals surface area contributed by atoms with Gasteiger partial charge in [0, 0.05) is 31.1 Å². The molecule has 3 rings (SSSR count). The van der Waals surface area contributed by atoms with Gasteiger partial charge in [0.2, 0.25) is 5.95 Å². The number of hydrogen-bond donors (Lipinski definition) is 3. The van der Waals surface area contributed by atoms with E-state index in [1.54, 1.807) is 36.4 Å².